The Morgan fingerprint density at radius 2 is 1.58 bits per heavy atom. The minimum Gasteiger partial charge on any atom is -0.367 e. The van der Waals surface area contributed by atoms with E-state index >= 15 is 0 Å². The Bertz CT molecular complexity index is 943. The highest BCUT2D eigenvalue weighted by molar-refractivity contribution is 7.89. The Morgan fingerprint density at radius 3 is 2.12 bits per heavy atom. The highest BCUT2D eigenvalue weighted by atomic mass is 35.5. The number of piperazine rings is 1. The molecule has 0 saturated carbocycles. The first kappa shape index (κ1) is 18.4. The number of nitrogens with two attached hydrogens (primary N) is 1. The molecule has 0 bridgehead atoms. The third-order valence-corrected chi connectivity index (χ3v) is 5.52. The van der Waals surface area contributed by atoms with Crippen molar-refractivity contribution >= 4 is 38.7 Å². The van der Waals surface area contributed by atoms with Crippen LogP contribution in [0.3, 0.4) is 0 Å². The Balaban J connectivity index is 1.83. The van der Waals surface area contributed by atoms with Crippen molar-refractivity contribution in [2.24, 2.45) is 5.14 Å². The van der Waals surface area contributed by atoms with E-state index in [0.717, 1.165) is 11.8 Å². The lowest BCUT2D eigenvalue weighted by Crippen LogP contribution is -2.46. The number of hydrogen-bond donors (Lipinski definition) is 1. The molecule has 1 heterocycles. The van der Waals surface area contributed by atoms with Crippen LogP contribution in [0, 0.1) is 10.1 Å². The summed E-state index contributed by atoms with van der Waals surface area (Å²) in [5.41, 5.74) is 1.02. The van der Waals surface area contributed by atoms with E-state index in [-0.39, 0.29) is 10.6 Å². The fraction of sp³-hybridized carbons (Fsp3) is 0.250. The van der Waals surface area contributed by atoms with Gasteiger partial charge >= 0.3 is 0 Å². The molecule has 1 saturated heterocycles. The number of benzene rings is 2. The highest BCUT2D eigenvalue weighted by Gasteiger charge is 2.26. The first-order valence-corrected chi connectivity index (χ1v) is 9.75. The number of anilines is 2. The van der Waals surface area contributed by atoms with Crippen molar-refractivity contribution in [3.63, 3.8) is 0 Å². The molecule has 0 amide bonds. The van der Waals surface area contributed by atoms with Gasteiger partial charge in [-0.1, -0.05) is 23.7 Å². The molecule has 1 fully saturated rings. The third-order valence-electron chi connectivity index (χ3n) is 4.29. The molecule has 1 aliphatic rings. The lowest BCUT2D eigenvalue weighted by molar-refractivity contribution is -0.384. The van der Waals surface area contributed by atoms with Gasteiger partial charge in [-0.2, -0.15) is 0 Å². The van der Waals surface area contributed by atoms with Crippen LogP contribution in [0.2, 0.25) is 5.02 Å². The van der Waals surface area contributed by atoms with Gasteiger partial charge in [0.15, 0.2) is 0 Å². The zero-order valence-electron chi connectivity index (χ0n) is 13.7. The van der Waals surface area contributed by atoms with Crippen LogP contribution < -0.4 is 14.9 Å². The summed E-state index contributed by atoms with van der Waals surface area (Å²) >= 11 is 6.22. The zero-order chi connectivity index (χ0) is 18.9. The molecule has 2 aromatic rings. The van der Waals surface area contributed by atoms with Crippen LogP contribution in [-0.2, 0) is 10.0 Å². The largest absolute Gasteiger partial charge is 0.367 e. The molecule has 0 aliphatic carbocycles. The van der Waals surface area contributed by atoms with Crippen LogP contribution in [0.4, 0.5) is 17.1 Å². The minimum absolute atomic E-state index is 0.275. The van der Waals surface area contributed by atoms with E-state index in [2.05, 4.69) is 4.90 Å². The normalized spacial score (nSPS) is 15.2. The summed E-state index contributed by atoms with van der Waals surface area (Å²) in [7, 11) is -4.00. The SMILES string of the molecule is NS(=O)(=O)c1ccc(N2CCN(c3ccccc3Cl)CC2)c([N+](=O)[O-])c1. The van der Waals surface area contributed by atoms with Gasteiger partial charge in [-0.3, -0.25) is 10.1 Å². The quantitative estimate of drug-likeness (QED) is 0.626. The number of sulfonamides is 1. The van der Waals surface area contributed by atoms with Gasteiger partial charge in [0.25, 0.3) is 5.69 Å². The number of hydrogen-bond acceptors (Lipinski definition) is 6. The second-order valence-electron chi connectivity index (χ2n) is 5.88. The summed E-state index contributed by atoms with van der Waals surface area (Å²) in [6.45, 7) is 2.36. The van der Waals surface area contributed by atoms with E-state index in [0.29, 0.717) is 36.9 Å². The second kappa shape index (κ2) is 7.10. The fourth-order valence-electron chi connectivity index (χ4n) is 2.99. The lowest BCUT2D eigenvalue weighted by atomic mass is 10.2. The molecule has 1 aliphatic heterocycles. The Labute approximate surface area is 156 Å². The van der Waals surface area contributed by atoms with Gasteiger partial charge in [0, 0.05) is 32.2 Å². The summed E-state index contributed by atoms with van der Waals surface area (Å²) in [6, 6.07) is 11.2. The zero-order valence-corrected chi connectivity index (χ0v) is 15.3. The van der Waals surface area contributed by atoms with Gasteiger partial charge in [0.05, 0.1) is 20.5 Å². The van der Waals surface area contributed by atoms with Crippen LogP contribution in [-0.4, -0.2) is 39.5 Å². The number of nitro groups is 1. The molecule has 0 spiro atoms. The van der Waals surface area contributed by atoms with E-state index in [9.17, 15) is 18.5 Å². The summed E-state index contributed by atoms with van der Waals surface area (Å²) in [4.78, 5) is 14.5. The first-order valence-electron chi connectivity index (χ1n) is 7.83. The van der Waals surface area contributed by atoms with Crippen molar-refractivity contribution in [2.75, 3.05) is 36.0 Å². The molecular weight excluding hydrogens is 380 g/mol. The van der Waals surface area contributed by atoms with Crippen LogP contribution in [0.15, 0.2) is 47.4 Å². The van der Waals surface area contributed by atoms with Crippen molar-refractivity contribution in [3.8, 4) is 0 Å². The predicted octanol–water partition coefficient (Wildman–Crippen LogP) is 2.22. The summed E-state index contributed by atoms with van der Waals surface area (Å²) < 4.78 is 22.9. The van der Waals surface area contributed by atoms with Gasteiger partial charge in [0.2, 0.25) is 10.0 Å². The van der Waals surface area contributed by atoms with Crippen molar-refractivity contribution in [2.45, 2.75) is 4.90 Å². The average molecular weight is 397 g/mol. The van der Waals surface area contributed by atoms with E-state index in [1.807, 2.05) is 29.2 Å². The maximum absolute atomic E-state index is 11.4. The maximum Gasteiger partial charge on any atom is 0.293 e. The second-order valence-corrected chi connectivity index (χ2v) is 7.85. The third kappa shape index (κ3) is 3.74. The molecule has 2 aromatic carbocycles. The minimum atomic E-state index is -4.00. The molecule has 3 rings (SSSR count). The van der Waals surface area contributed by atoms with E-state index in [1.54, 1.807) is 0 Å². The summed E-state index contributed by atoms with van der Waals surface area (Å²) in [5.74, 6) is 0. The van der Waals surface area contributed by atoms with Crippen LogP contribution in [0.1, 0.15) is 0 Å². The highest BCUT2D eigenvalue weighted by Crippen LogP contribution is 2.32. The first-order chi connectivity index (χ1) is 12.3. The van der Waals surface area contributed by atoms with Gasteiger partial charge in [-0.25, -0.2) is 13.6 Å². The number of primary sulfonamides is 1. The van der Waals surface area contributed by atoms with Crippen molar-refractivity contribution in [1.82, 2.24) is 0 Å². The molecule has 2 N–H and O–H groups in total. The number of rotatable bonds is 4. The smallest absolute Gasteiger partial charge is 0.293 e. The molecule has 0 radical (unpaired) electrons. The Kier molecular flexibility index (Phi) is 5.03. The van der Waals surface area contributed by atoms with Crippen LogP contribution >= 0.6 is 11.6 Å². The maximum atomic E-state index is 11.4. The van der Waals surface area contributed by atoms with E-state index in [1.165, 1.54) is 12.1 Å². The standard InChI is InChI=1S/C16H17ClN4O4S/c17-13-3-1-2-4-14(13)19-7-9-20(10-8-19)15-6-5-12(26(18,24)25)11-16(15)21(22)23/h1-6,11H,7-10H2,(H2,18,24,25). The van der Waals surface area contributed by atoms with Crippen LogP contribution in [0.5, 0.6) is 0 Å². The molecule has 10 heteroatoms. The summed E-state index contributed by atoms with van der Waals surface area (Å²) in [5, 5.41) is 17.1. The number of nitrogens with zero attached hydrogens (tertiary/aromatic N) is 3. The molecule has 26 heavy (non-hydrogen) atoms. The van der Waals surface area contributed by atoms with Gasteiger partial charge in [-0.15, -0.1) is 0 Å². The Hall–Kier alpha value is -2.36. The van der Waals surface area contributed by atoms with Gasteiger partial charge in [-0.05, 0) is 24.3 Å². The van der Waals surface area contributed by atoms with Gasteiger partial charge < -0.3 is 9.80 Å². The van der Waals surface area contributed by atoms with Gasteiger partial charge in [0.1, 0.15) is 5.69 Å². The molecule has 0 atom stereocenters. The molecule has 138 valence electrons. The fourth-order valence-corrected chi connectivity index (χ4v) is 3.78. The molecule has 0 unspecified atom stereocenters. The van der Waals surface area contributed by atoms with Crippen molar-refractivity contribution in [1.29, 1.82) is 0 Å². The number of nitro benzene ring substituents is 1. The topological polar surface area (TPSA) is 110 Å². The number of para-hydroxylation sites is 1. The predicted molar refractivity (Wildman–Crippen MR) is 100 cm³/mol. The van der Waals surface area contributed by atoms with E-state index in [4.69, 9.17) is 16.7 Å². The monoisotopic (exact) mass is 396 g/mol. The van der Waals surface area contributed by atoms with E-state index < -0.39 is 14.9 Å². The molecule has 8 nitrogen and oxygen atoms in total. The van der Waals surface area contributed by atoms with Crippen LogP contribution in [0.25, 0.3) is 0 Å². The average Bonchev–Trinajstić information content (AvgIpc) is 2.61. The molecular formula is C16H17ClN4O4S. The molecule has 0 aromatic heterocycles. The van der Waals surface area contributed by atoms with Crippen molar-refractivity contribution in [3.05, 3.63) is 57.6 Å². The lowest BCUT2D eigenvalue weighted by Gasteiger charge is -2.37. The summed E-state index contributed by atoms with van der Waals surface area (Å²) in [6.07, 6.45) is 0. The number of halogens is 1. The van der Waals surface area contributed by atoms with Crippen molar-refractivity contribution < 1.29 is 13.3 Å². The Morgan fingerprint density at radius 1 is 1.00 bits per heavy atom.